The third-order valence-electron chi connectivity index (χ3n) is 3.57. The van der Waals surface area contributed by atoms with Gasteiger partial charge < -0.3 is 15.3 Å². The molecule has 0 fully saturated rings. The molecule has 120 valence electrons. The van der Waals surface area contributed by atoms with Crippen LogP contribution in [0.4, 0.5) is 0 Å². The van der Waals surface area contributed by atoms with Gasteiger partial charge >= 0.3 is 0 Å². The standard InChI is InChI=1S/C15H25IN2O3/c1-17(14(10-19)15(21)11-20)7-8-18(12-16)9-13-5-3-2-4-6-13/h2-6,14-15,19-21H,7-12H2,1H3/t14-,15-/m1/s1. The number of nitrogens with zero attached hydrogens (tertiary/aromatic N) is 2. The van der Waals surface area contributed by atoms with E-state index in [1.165, 1.54) is 5.56 Å². The summed E-state index contributed by atoms with van der Waals surface area (Å²) in [5, 5.41) is 28.0. The van der Waals surface area contributed by atoms with Gasteiger partial charge in [-0.05, 0) is 12.6 Å². The van der Waals surface area contributed by atoms with E-state index in [1.54, 1.807) is 0 Å². The van der Waals surface area contributed by atoms with Crippen molar-refractivity contribution in [1.29, 1.82) is 0 Å². The summed E-state index contributed by atoms with van der Waals surface area (Å²) in [5.41, 5.74) is 1.27. The molecule has 0 aliphatic heterocycles. The largest absolute Gasteiger partial charge is 0.395 e. The number of rotatable bonds is 10. The zero-order valence-corrected chi connectivity index (χ0v) is 14.6. The summed E-state index contributed by atoms with van der Waals surface area (Å²) >= 11 is 2.34. The Bertz CT molecular complexity index is 380. The number of aliphatic hydroxyl groups excluding tert-OH is 3. The van der Waals surface area contributed by atoms with E-state index in [0.717, 1.165) is 24.2 Å². The van der Waals surface area contributed by atoms with Gasteiger partial charge in [-0.1, -0.05) is 52.9 Å². The molecule has 0 unspecified atom stereocenters. The van der Waals surface area contributed by atoms with Gasteiger partial charge in [-0.25, -0.2) is 0 Å². The lowest BCUT2D eigenvalue weighted by Gasteiger charge is -2.31. The van der Waals surface area contributed by atoms with Crippen LogP contribution >= 0.6 is 22.6 Å². The molecule has 0 saturated heterocycles. The van der Waals surface area contributed by atoms with Crippen LogP contribution in [-0.2, 0) is 6.54 Å². The van der Waals surface area contributed by atoms with Crippen molar-refractivity contribution < 1.29 is 15.3 Å². The number of benzene rings is 1. The second-order valence-electron chi connectivity index (χ2n) is 5.14. The summed E-state index contributed by atoms with van der Waals surface area (Å²) in [7, 11) is 1.85. The molecule has 0 aliphatic rings. The van der Waals surface area contributed by atoms with Crippen LogP contribution in [0.5, 0.6) is 0 Å². The lowest BCUT2D eigenvalue weighted by atomic mass is 10.1. The van der Waals surface area contributed by atoms with Crippen molar-refractivity contribution in [1.82, 2.24) is 9.80 Å². The van der Waals surface area contributed by atoms with Crippen LogP contribution in [0.25, 0.3) is 0 Å². The molecule has 21 heavy (non-hydrogen) atoms. The molecule has 3 N–H and O–H groups in total. The van der Waals surface area contributed by atoms with Gasteiger partial charge in [0.05, 0.1) is 29.9 Å². The van der Waals surface area contributed by atoms with Crippen LogP contribution in [0.3, 0.4) is 0 Å². The molecule has 0 bridgehead atoms. The molecule has 0 radical (unpaired) electrons. The van der Waals surface area contributed by atoms with Crippen LogP contribution < -0.4 is 0 Å². The van der Waals surface area contributed by atoms with E-state index in [0.29, 0.717) is 0 Å². The van der Waals surface area contributed by atoms with E-state index in [1.807, 2.05) is 30.1 Å². The maximum Gasteiger partial charge on any atom is 0.0947 e. The minimum Gasteiger partial charge on any atom is -0.395 e. The summed E-state index contributed by atoms with van der Waals surface area (Å²) in [6, 6.07) is 9.86. The van der Waals surface area contributed by atoms with Gasteiger partial charge in [0.2, 0.25) is 0 Å². The lowest BCUT2D eigenvalue weighted by molar-refractivity contribution is -0.00584. The van der Waals surface area contributed by atoms with Gasteiger partial charge in [0.25, 0.3) is 0 Å². The summed E-state index contributed by atoms with van der Waals surface area (Å²) < 4.78 is 0.910. The molecular weight excluding hydrogens is 383 g/mol. The molecule has 1 rings (SSSR count). The second-order valence-corrected chi connectivity index (χ2v) is 5.82. The summed E-state index contributed by atoms with van der Waals surface area (Å²) in [6.45, 7) is 1.93. The van der Waals surface area contributed by atoms with Crippen molar-refractivity contribution >= 4 is 22.6 Å². The van der Waals surface area contributed by atoms with E-state index < -0.39 is 12.1 Å². The first kappa shape index (κ1) is 18.8. The normalized spacial score (nSPS) is 14.6. The third-order valence-corrected chi connectivity index (χ3v) is 4.54. The predicted octanol–water partition coefficient (Wildman–Crippen LogP) is 0.527. The average Bonchev–Trinajstić information content (AvgIpc) is 2.52. The van der Waals surface area contributed by atoms with Crippen LogP contribution in [0.1, 0.15) is 5.56 Å². The van der Waals surface area contributed by atoms with Crippen LogP contribution in [0.2, 0.25) is 0 Å². The van der Waals surface area contributed by atoms with Crippen LogP contribution in [0.15, 0.2) is 30.3 Å². The van der Waals surface area contributed by atoms with E-state index >= 15 is 0 Å². The first-order chi connectivity index (χ1) is 10.1. The van der Waals surface area contributed by atoms with Gasteiger partial charge in [0.15, 0.2) is 0 Å². The minimum absolute atomic E-state index is 0.166. The van der Waals surface area contributed by atoms with Gasteiger partial charge in [-0.3, -0.25) is 9.80 Å². The Morgan fingerprint density at radius 3 is 2.29 bits per heavy atom. The monoisotopic (exact) mass is 408 g/mol. The molecule has 1 aromatic rings. The fraction of sp³-hybridized carbons (Fsp3) is 0.600. The van der Waals surface area contributed by atoms with Crippen molar-refractivity contribution in [3.05, 3.63) is 35.9 Å². The predicted molar refractivity (Wildman–Crippen MR) is 92.3 cm³/mol. The van der Waals surface area contributed by atoms with Crippen molar-refractivity contribution in [2.75, 3.05) is 37.9 Å². The van der Waals surface area contributed by atoms with Gasteiger partial charge in [-0.15, -0.1) is 0 Å². The van der Waals surface area contributed by atoms with Gasteiger partial charge in [0, 0.05) is 19.6 Å². The molecule has 6 heteroatoms. The molecule has 0 spiro atoms. The molecule has 0 saturated carbocycles. The highest BCUT2D eigenvalue weighted by Gasteiger charge is 2.22. The minimum atomic E-state index is -0.915. The van der Waals surface area contributed by atoms with Crippen molar-refractivity contribution in [2.24, 2.45) is 0 Å². The smallest absolute Gasteiger partial charge is 0.0947 e. The number of aliphatic hydroxyl groups is 3. The molecule has 1 aromatic carbocycles. The molecule has 0 amide bonds. The Kier molecular flexibility index (Phi) is 9.37. The summed E-state index contributed by atoms with van der Waals surface area (Å²) in [5.74, 6) is 0. The maximum atomic E-state index is 9.68. The molecule has 2 atom stereocenters. The maximum absolute atomic E-state index is 9.68. The fourth-order valence-corrected chi connectivity index (χ4v) is 2.75. The first-order valence-electron chi connectivity index (χ1n) is 7.04. The Morgan fingerprint density at radius 1 is 1.10 bits per heavy atom. The second kappa shape index (κ2) is 10.5. The molecule has 0 heterocycles. The average molecular weight is 408 g/mol. The topological polar surface area (TPSA) is 67.2 Å². The van der Waals surface area contributed by atoms with Gasteiger partial charge in [0.1, 0.15) is 0 Å². The number of alkyl halides is 1. The van der Waals surface area contributed by atoms with E-state index in [-0.39, 0.29) is 13.2 Å². The number of halogens is 1. The highest BCUT2D eigenvalue weighted by atomic mass is 127. The number of hydrogen-bond donors (Lipinski definition) is 3. The highest BCUT2D eigenvalue weighted by molar-refractivity contribution is 14.1. The number of likely N-dealkylation sites (N-methyl/N-ethyl adjacent to an activating group) is 1. The van der Waals surface area contributed by atoms with E-state index in [9.17, 15) is 10.2 Å². The highest BCUT2D eigenvalue weighted by Crippen LogP contribution is 2.08. The molecule has 0 aromatic heterocycles. The van der Waals surface area contributed by atoms with E-state index in [4.69, 9.17) is 5.11 Å². The Morgan fingerprint density at radius 2 is 1.76 bits per heavy atom. The quantitative estimate of drug-likeness (QED) is 0.300. The van der Waals surface area contributed by atoms with Crippen molar-refractivity contribution in [3.63, 3.8) is 0 Å². The van der Waals surface area contributed by atoms with Gasteiger partial charge in [-0.2, -0.15) is 0 Å². The summed E-state index contributed by atoms with van der Waals surface area (Å²) in [6.07, 6.45) is -0.915. The van der Waals surface area contributed by atoms with E-state index in [2.05, 4.69) is 39.6 Å². The molecule has 0 aliphatic carbocycles. The van der Waals surface area contributed by atoms with Crippen molar-refractivity contribution in [3.8, 4) is 0 Å². The summed E-state index contributed by atoms with van der Waals surface area (Å²) in [4.78, 5) is 4.19. The Balaban J connectivity index is 2.47. The van der Waals surface area contributed by atoms with Crippen LogP contribution in [0, 0.1) is 0 Å². The molecular formula is C15H25IN2O3. The SMILES string of the molecule is CN(CCN(CI)Cc1ccccc1)[C@H](CO)[C@H](O)CO. The Hall–Kier alpha value is -0.250. The van der Waals surface area contributed by atoms with Crippen molar-refractivity contribution in [2.45, 2.75) is 18.7 Å². The number of hydrogen-bond acceptors (Lipinski definition) is 5. The first-order valence-corrected chi connectivity index (χ1v) is 8.57. The zero-order chi connectivity index (χ0) is 15.7. The van der Waals surface area contributed by atoms with Crippen LogP contribution in [-0.4, -0.2) is 75.2 Å². The Labute approximate surface area is 140 Å². The fourth-order valence-electron chi connectivity index (χ4n) is 2.16. The molecule has 5 nitrogen and oxygen atoms in total. The lowest BCUT2D eigenvalue weighted by Crippen LogP contribution is -2.48. The third kappa shape index (κ3) is 6.58. The zero-order valence-electron chi connectivity index (χ0n) is 12.4.